The van der Waals surface area contributed by atoms with E-state index in [1.165, 1.54) is 0 Å². The lowest BCUT2D eigenvalue weighted by Gasteiger charge is -2.35. The Morgan fingerprint density at radius 2 is 2.04 bits per heavy atom. The number of amidine groups is 1. The van der Waals surface area contributed by atoms with Gasteiger partial charge in [0.15, 0.2) is 0 Å². The Kier molecular flexibility index (Phi) is 7.54. The summed E-state index contributed by atoms with van der Waals surface area (Å²) in [6, 6.07) is 2.93. The van der Waals surface area contributed by atoms with Crippen LogP contribution in [0.5, 0.6) is 0 Å². The van der Waals surface area contributed by atoms with Crippen LogP contribution in [0.15, 0.2) is 23.3 Å². The number of alkyl halides is 3. The molecule has 0 saturated carbocycles. The second-order valence-corrected chi connectivity index (χ2v) is 7.01. The molecule has 28 heavy (non-hydrogen) atoms. The fourth-order valence-electron chi connectivity index (χ4n) is 2.92. The van der Waals surface area contributed by atoms with Gasteiger partial charge in [-0.3, -0.25) is 5.43 Å². The van der Waals surface area contributed by atoms with Gasteiger partial charge in [0, 0.05) is 13.1 Å². The van der Waals surface area contributed by atoms with E-state index in [-0.39, 0.29) is 29.2 Å². The number of rotatable bonds is 4. The Morgan fingerprint density at radius 3 is 2.61 bits per heavy atom. The van der Waals surface area contributed by atoms with Crippen LogP contribution in [0.4, 0.5) is 18.9 Å². The molecule has 0 bridgehead atoms. The van der Waals surface area contributed by atoms with Crippen LogP contribution in [0.1, 0.15) is 25.3 Å². The summed E-state index contributed by atoms with van der Waals surface area (Å²) in [5.74, 6) is -0.663. The fraction of sp³-hybridized carbons (Fsp3) is 0.556. The third-order valence-electron chi connectivity index (χ3n) is 4.60. The van der Waals surface area contributed by atoms with E-state index in [1.807, 2.05) is 7.05 Å². The first-order valence-electron chi connectivity index (χ1n) is 8.92. The zero-order valence-corrected chi connectivity index (χ0v) is 16.8. The minimum atomic E-state index is -4.51. The highest BCUT2D eigenvalue weighted by Crippen LogP contribution is 2.33. The van der Waals surface area contributed by atoms with Gasteiger partial charge in [-0.05, 0) is 58.1 Å². The summed E-state index contributed by atoms with van der Waals surface area (Å²) in [5, 5.41) is 4.10. The number of likely N-dealkylation sites (N-methyl/N-ethyl adjacent to an activating group) is 1. The molecular formula is C18H24ClF3N4O2. The van der Waals surface area contributed by atoms with Crippen LogP contribution in [0.25, 0.3) is 0 Å². The maximum Gasteiger partial charge on any atom is 0.416 e. The number of hydrazone groups is 1. The number of piperidine rings is 1. The molecule has 0 aromatic heterocycles. The van der Waals surface area contributed by atoms with Crippen molar-refractivity contribution in [2.24, 2.45) is 5.10 Å². The molecule has 2 rings (SSSR count). The van der Waals surface area contributed by atoms with Gasteiger partial charge in [-0.15, -0.1) is 5.10 Å². The van der Waals surface area contributed by atoms with E-state index in [0.29, 0.717) is 0 Å². The van der Waals surface area contributed by atoms with Crippen molar-refractivity contribution in [3.63, 3.8) is 0 Å². The molecule has 0 amide bonds. The predicted octanol–water partition coefficient (Wildman–Crippen LogP) is 3.67. The van der Waals surface area contributed by atoms with Crippen LogP contribution in [0, 0.1) is 0 Å². The van der Waals surface area contributed by atoms with Crippen molar-refractivity contribution in [1.29, 1.82) is 0 Å². The maximum absolute atomic E-state index is 12.9. The van der Waals surface area contributed by atoms with Gasteiger partial charge >= 0.3 is 12.1 Å². The van der Waals surface area contributed by atoms with E-state index in [1.54, 1.807) is 18.9 Å². The molecule has 0 aliphatic carbocycles. The molecule has 1 aliphatic rings. The maximum atomic E-state index is 12.9. The molecule has 156 valence electrons. The summed E-state index contributed by atoms with van der Waals surface area (Å²) < 4.78 is 43.9. The SMILES string of the molecule is CCOC(=O)C(=NNc1cc(C(F)(F)F)ccc1Cl)N(C)C1CCN(C)CC1. The summed E-state index contributed by atoms with van der Waals surface area (Å²) in [4.78, 5) is 16.3. The molecule has 1 heterocycles. The third-order valence-corrected chi connectivity index (χ3v) is 4.93. The molecular weight excluding hydrogens is 397 g/mol. The van der Waals surface area contributed by atoms with E-state index < -0.39 is 17.7 Å². The minimum Gasteiger partial charge on any atom is -0.460 e. The lowest BCUT2D eigenvalue weighted by atomic mass is 10.0. The Bertz CT molecular complexity index is 719. The van der Waals surface area contributed by atoms with Gasteiger partial charge < -0.3 is 14.5 Å². The molecule has 1 aromatic carbocycles. The van der Waals surface area contributed by atoms with Crippen molar-refractivity contribution in [3.05, 3.63) is 28.8 Å². The number of halogens is 4. The van der Waals surface area contributed by atoms with Crippen LogP contribution in [-0.2, 0) is 15.7 Å². The standard InChI is InChI=1S/C18H24ClF3N4O2/c1-4-28-17(27)16(26(3)13-7-9-25(2)10-8-13)24-23-15-11-12(18(20,21)22)5-6-14(15)19/h5-6,11,13,23H,4,7-10H2,1-3H3. The summed E-state index contributed by atoms with van der Waals surface area (Å²) in [6.45, 7) is 3.57. The van der Waals surface area contributed by atoms with Crippen molar-refractivity contribution >= 4 is 29.1 Å². The van der Waals surface area contributed by atoms with Gasteiger partial charge in [-0.2, -0.15) is 13.2 Å². The molecule has 0 radical (unpaired) electrons. The molecule has 1 saturated heterocycles. The number of ether oxygens (including phenoxy) is 1. The summed E-state index contributed by atoms with van der Waals surface area (Å²) in [7, 11) is 3.74. The Morgan fingerprint density at radius 1 is 1.39 bits per heavy atom. The average Bonchev–Trinajstić information content (AvgIpc) is 2.63. The van der Waals surface area contributed by atoms with Crippen molar-refractivity contribution < 1.29 is 22.7 Å². The zero-order valence-electron chi connectivity index (χ0n) is 16.0. The minimum absolute atomic E-state index is 0.00937. The van der Waals surface area contributed by atoms with Crippen molar-refractivity contribution in [1.82, 2.24) is 9.80 Å². The van der Waals surface area contributed by atoms with E-state index in [0.717, 1.165) is 44.1 Å². The molecule has 6 nitrogen and oxygen atoms in total. The number of carbonyl (C=O) groups is 1. The number of hydrogen-bond donors (Lipinski definition) is 1. The number of benzene rings is 1. The first-order valence-corrected chi connectivity index (χ1v) is 9.30. The lowest BCUT2D eigenvalue weighted by Crippen LogP contribution is -2.47. The number of nitrogens with one attached hydrogen (secondary N) is 1. The second kappa shape index (κ2) is 9.47. The van der Waals surface area contributed by atoms with Crippen LogP contribution in [0.2, 0.25) is 5.02 Å². The van der Waals surface area contributed by atoms with Crippen molar-refractivity contribution in [2.45, 2.75) is 32.0 Å². The number of hydrogen-bond acceptors (Lipinski definition) is 5. The molecule has 0 unspecified atom stereocenters. The first kappa shape index (κ1) is 22.3. The van der Waals surface area contributed by atoms with Gasteiger partial charge in [0.1, 0.15) is 0 Å². The van der Waals surface area contributed by atoms with Crippen molar-refractivity contribution in [3.8, 4) is 0 Å². The Balaban J connectivity index is 2.26. The third kappa shape index (κ3) is 5.75. The number of esters is 1. The van der Waals surface area contributed by atoms with Gasteiger partial charge in [0.2, 0.25) is 5.84 Å². The monoisotopic (exact) mass is 420 g/mol. The predicted molar refractivity (Wildman–Crippen MR) is 102 cm³/mol. The second-order valence-electron chi connectivity index (χ2n) is 6.61. The normalized spacial score (nSPS) is 16.8. The van der Waals surface area contributed by atoms with Crippen LogP contribution < -0.4 is 5.43 Å². The number of carbonyl (C=O) groups excluding carboxylic acids is 1. The Hall–Kier alpha value is -2.00. The van der Waals surface area contributed by atoms with E-state index in [2.05, 4.69) is 15.4 Å². The Labute approximate surface area is 167 Å². The molecule has 1 N–H and O–H groups in total. The molecule has 0 atom stereocenters. The highest BCUT2D eigenvalue weighted by atomic mass is 35.5. The van der Waals surface area contributed by atoms with Gasteiger partial charge in [-0.25, -0.2) is 4.79 Å². The van der Waals surface area contributed by atoms with Gasteiger partial charge in [-0.1, -0.05) is 11.6 Å². The zero-order chi connectivity index (χ0) is 20.9. The molecule has 0 spiro atoms. The first-order chi connectivity index (χ1) is 13.1. The molecule has 10 heteroatoms. The highest BCUT2D eigenvalue weighted by molar-refractivity contribution is 6.35. The smallest absolute Gasteiger partial charge is 0.416 e. The van der Waals surface area contributed by atoms with Crippen molar-refractivity contribution in [2.75, 3.05) is 39.2 Å². The summed E-state index contributed by atoms with van der Waals surface area (Å²) in [6.07, 6.45) is -2.86. The highest BCUT2D eigenvalue weighted by Gasteiger charge is 2.31. The van der Waals surface area contributed by atoms with Gasteiger partial charge in [0.05, 0.1) is 22.9 Å². The van der Waals surface area contributed by atoms with Gasteiger partial charge in [0.25, 0.3) is 0 Å². The lowest BCUT2D eigenvalue weighted by molar-refractivity contribution is -0.138. The van der Waals surface area contributed by atoms with E-state index in [9.17, 15) is 18.0 Å². The van der Waals surface area contributed by atoms with Crippen LogP contribution >= 0.6 is 11.6 Å². The molecule has 1 aliphatic heterocycles. The van der Waals surface area contributed by atoms with Crippen LogP contribution in [-0.4, -0.2) is 61.4 Å². The van der Waals surface area contributed by atoms with E-state index in [4.69, 9.17) is 16.3 Å². The quantitative estimate of drug-likeness (QED) is 0.348. The number of anilines is 1. The fourth-order valence-corrected chi connectivity index (χ4v) is 3.08. The van der Waals surface area contributed by atoms with E-state index >= 15 is 0 Å². The summed E-state index contributed by atoms with van der Waals surface area (Å²) >= 11 is 5.98. The molecule has 1 fully saturated rings. The topological polar surface area (TPSA) is 57.2 Å². The summed E-state index contributed by atoms with van der Waals surface area (Å²) in [5.41, 5.74) is 1.59. The largest absolute Gasteiger partial charge is 0.460 e. The van der Waals surface area contributed by atoms with Crippen LogP contribution in [0.3, 0.4) is 0 Å². The number of nitrogens with zero attached hydrogens (tertiary/aromatic N) is 3. The molecule has 1 aromatic rings. The average molecular weight is 421 g/mol. The number of likely N-dealkylation sites (tertiary alicyclic amines) is 1.